The third kappa shape index (κ3) is 3.92. The molecule has 0 fully saturated rings. The molecule has 1 aromatic carbocycles. The third-order valence-corrected chi connectivity index (χ3v) is 4.98. The van der Waals surface area contributed by atoms with Gasteiger partial charge >= 0.3 is 0 Å². The third-order valence-electron chi connectivity index (χ3n) is 3.87. The number of rotatable bonds is 5. The lowest BCUT2D eigenvalue weighted by atomic mass is 10.3. The average molecular weight is 371 g/mol. The molecule has 0 bridgehead atoms. The Morgan fingerprint density at radius 1 is 1.19 bits per heavy atom. The Morgan fingerprint density at radius 3 is 2.62 bits per heavy atom. The second-order valence-corrected chi connectivity index (χ2v) is 7.25. The topological polar surface area (TPSA) is 79.3 Å². The minimum atomic E-state index is -0.330. The molecule has 0 aliphatic carbocycles. The predicted octanol–water partition coefficient (Wildman–Crippen LogP) is 2.11. The van der Waals surface area contributed by atoms with Crippen LogP contribution in [0, 0.1) is 6.92 Å². The molecular formula is C18H21N5O2S. The standard InChI is InChI=1S/C18H21N5O2S/c1-12-14-11-15(17(25)20-19-16(24)9-10-22(2)3)26-18(14)23(21-12)13-7-5-4-6-8-13/h4-8,11H,9-10H2,1-3H3,(H,19,24)(H,20,25). The van der Waals surface area contributed by atoms with Gasteiger partial charge in [0.1, 0.15) is 4.83 Å². The molecule has 0 saturated heterocycles. The summed E-state index contributed by atoms with van der Waals surface area (Å²) in [5, 5.41) is 5.49. The van der Waals surface area contributed by atoms with Gasteiger partial charge in [-0.25, -0.2) is 4.68 Å². The maximum absolute atomic E-state index is 12.4. The number of aromatic nitrogens is 2. The monoisotopic (exact) mass is 371 g/mol. The number of para-hydroxylation sites is 1. The summed E-state index contributed by atoms with van der Waals surface area (Å²) in [5.74, 6) is -0.553. The molecule has 0 radical (unpaired) electrons. The van der Waals surface area contributed by atoms with Crippen molar-refractivity contribution in [2.24, 2.45) is 0 Å². The first-order valence-electron chi connectivity index (χ1n) is 8.24. The summed E-state index contributed by atoms with van der Waals surface area (Å²) in [4.78, 5) is 27.4. The summed E-state index contributed by atoms with van der Waals surface area (Å²) in [6, 6.07) is 11.6. The molecule has 0 aliphatic rings. The smallest absolute Gasteiger partial charge is 0.279 e. The lowest BCUT2D eigenvalue weighted by Gasteiger charge is -2.09. The first-order valence-corrected chi connectivity index (χ1v) is 9.06. The van der Waals surface area contributed by atoms with Gasteiger partial charge in [-0.2, -0.15) is 5.10 Å². The van der Waals surface area contributed by atoms with Gasteiger partial charge < -0.3 is 4.90 Å². The van der Waals surface area contributed by atoms with Gasteiger partial charge in [-0.3, -0.25) is 20.4 Å². The Hall–Kier alpha value is -2.71. The SMILES string of the molecule is Cc1nn(-c2ccccc2)c2sc(C(=O)NNC(=O)CCN(C)C)cc12. The van der Waals surface area contributed by atoms with Crippen LogP contribution in [0.1, 0.15) is 21.8 Å². The highest BCUT2D eigenvalue weighted by Crippen LogP contribution is 2.30. The highest BCUT2D eigenvalue weighted by molar-refractivity contribution is 7.20. The fourth-order valence-electron chi connectivity index (χ4n) is 2.48. The van der Waals surface area contributed by atoms with Crippen LogP contribution in [0.5, 0.6) is 0 Å². The number of carbonyl (C=O) groups excluding carboxylic acids is 2. The van der Waals surface area contributed by atoms with Gasteiger partial charge in [0.15, 0.2) is 0 Å². The van der Waals surface area contributed by atoms with E-state index in [0.717, 1.165) is 21.6 Å². The molecule has 0 unspecified atom stereocenters. The minimum Gasteiger partial charge on any atom is -0.309 e. The molecule has 0 spiro atoms. The number of thiophene rings is 1. The van der Waals surface area contributed by atoms with Crippen molar-refractivity contribution < 1.29 is 9.59 Å². The van der Waals surface area contributed by atoms with E-state index in [-0.39, 0.29) is 11.8 Å². The maximum Gasteiger partial charge on any atom is 0.279 e. The number of hydrogen-bond acceptors (Lipinski definition) is 5. The van der Waals surface area contributed by atoms with Crippen LogP contribution >= 0.6 is 11.3 Å². The molecule has 2 aromatic heterocycles. The molecule has 26 heavy (non-hydrogen) atoms. The minimum absolute atomic E-state index is 0.222. The van der Waals surface area contributed by atoms with Gasteiger partial charge in [0.2, 0.25) is 5.91 Å². The van der Waals surface area contributed by atoms with Crippen molar-refractivity contribution in [3.63, 3.8) is 0 Å². The normalized spacial score (nSPS) is 11.1. The highest BCUT2D eigenvalue weighted by atomic mass is 32.1. The molecule has 3 rings (SSSR count). The van der Waals surface area contributed by atoms with Gasteiger partial charge in [0.25, 0.3) is 5.91 Å². The van der Waals surface area contributed by atoms with Crippen molar-refractivity contribution in [1.82, 2.24) is 25.5 Å². The zero-order valence-electron chi connectivity index (χ0n) is 14.9. The molecule has 0 aliphatic heterocycles. The lowest BCUT2D eigenvalue weighted by molar-refractivity contribution is -0.122. The molecule has 2 amide bonds. The fourth-order valence-corrected chi connectivity index (χ4v) is 3.56. The van der Waals surface area contributed by atoms with E-state index in [4.69, 9.17) is 0 Å². The van der Waals surface area contributed by atoms with E-state index < -0.39 is 0 Å². The Kier molecular flexibility index (Phi) is 5.34. The van der Waals surface area contributed by atoms with Crippen LogP contribution in [0.25, 0.3) is 15.9 Å². The zero-order valence-corrected chi connectivity index (χ0v) is 15.8. The Labute approximate surface area is 155 Å². The summed E-state index contributed by atoms with van der Waals surface area (Å²) < 4.78 is 1.84. The van der Waals surface area contributed by atoms with Crippen molar-refractivity contribution in [3.05, 3.63) is 47.0 Å². The average Bonchev–Trinajstić information content (AvgIpc) is 3.19. The van der Waals surface area contributed by atoms with Crippen LogP contribution < -0.4 is 10.9 Å². The molecule has 0 saturated carbocycles. The summed E-state index contributed by atoms with van der Waals surface area (Å²) in [5.41, 5.74) is 6.73. The highest BCUT2D eigenvalue weighted by Gasteiger charge is 2.17. The van der Waals surface area contributed by atoms with E-state index in [1.807, 2.05) is 67.0 Å². The lowest BCUT2D eigenvalue weighted by Crippen LogP contribution is -2.42. The number of fused-ring (bicyclic) bond motifs is 1. The number of benzene rings is 1. The van der Waals surface area contributed by atoms with E-state index in [2.05, 4.69) is 16.0 Å². The van der Waals surface area contributed by atoms with Crippen LogP contribution in [0.2, 0.25) is 0 Å². The number of nitrogens with zero attached hydrogens (tertiary/aromatic N) is 3. The van der Waals surface area contributed by atoms with Crippen molar-refractivity contribution in [2.45, 2.75) is 13.3 Å². The van der Waals surface area contributed by atoms with Crippen LogP contribution in [0.3, 0.4) is 0 Å². The van der Waals surface area contributed by atoms with Crippen molar-refractivity contribution in [2.75, 3.05) is 20.6 Å². The number of nitrogens with one attached hydrogen (secondary N) is 2. The molecule has 2 heterocycles. The number of carbonyl (C=O) groups is 2. The van der Waals surface area contributed by atoms with E-state index in [1.54, 1.807) is 0 Å². The summed E-state index contributed by atoms with van der Waals surface area (Å²) in [6.45, 7) is 2.54. The number of aryl methyl sites for hydroxylation is 1. The van der Waals surface area contributed by atoms with Crippen LogP contribution in [-0.4, -0.2) is 47.1 Å². The Balaban J connectivity index is 1.75. The summed E-state index contributed by atoms with van der Waals surface area (Å²) in [6.07, 6.45) is 0.321. The van der Waals surface area contributed by atoms with Crippen molar-refractivity contribution in [1.29, 1.82) is 0 Å². The molecule has 7 nitrogen and oxygen atoms in total. The zero-order chi connectivity index (χ0) is 18.7. The van der Waals surface area contributed by atoms with Crippen molar-refractivity contribution in [3.8, 4) is 5.69 Å². The number of amides is 2. The summed E-state index contributed by atoms with van der Waals surface area (Å²) in [7, 11) is 3.78. The van der Waals surface area contributed by atoms with Gasteiger partial charge in [0, 0.05) is 18.4 Å². The van der Waals surface area contributed by atoms with E-state index in [1.165, 1.54) is 11.3 Å². The molecular weight excluding hydrogens is 350 g/mol. The molecule has 2 N–H and O–H groups in total. The number of hydrazine groups is 1. The summed E-state index contributed by atoms with van der Waals surface area (Å²) >= 11 is 1.35. The van der Waals surface area contributed by atoms with E-state index >= 15 is 0 Å². The first kappa shape index (κ1) is 18.1. The largest absolute Gasteiger partial charge is 0.309 e. The Morgan fingerprint density at radius 2 is 1.92 bits per heavy atom. The van der Waals surface area contributed by atoms with Crippen LogP contribution in [0.15, 0.2) is 36.4 Å². The first-order chi connectivity index (χ1) is 12.5. The second kappa shape index (κ2) is 7.67. The molecule has 0 atom stereocenters. The molecule has 136 valence electrons. The second-order valence-electron chi connectivity index (χ2n) is 6.22. The van der Waals surface area contributed by atoms with Gasteiger partial charge in [-0.05, 0) is 39.2 Å². The van der Waals surface area contributed by atoms with E-state index in [9.17, 15) is 9.59 Å². The fraction of sp³-hybridized carbons (Fsp3) is 0.278. The number of hydrogen-bond donors (Lipinski definition) is 2. The predicted molar refractivity (Wildman–Crippen MR) is 102 cm³/mol. The Bertz CT molecular complexity index is 930. The molecule has 3 aromatic rings. The quantitative estimate of drug-likeness (QED) is 0.673. The van der Waals surface area contributed by atoms with Crippen LogP contribution in [0.4, 0.5) is 0 Å². The molecule has 8 heteroatoms. The van der Waals surface area contributed by atoms with E-state index in [0.29, 0.717) is 17.8 Å². The van der Waals surface area contributed by atoms with Gasteiger partial charge in [-0.15, -0.1) is 11.3 Å². The van der Waals surface area contributed by atoms with Crippen molar-refractivity contribution >= 4 is 33.4 Å². The van der Waals surface area contributed by atoms with Gasteiger partial charge in [0.05, 0.1) is 16.3 Å². The van der Waals surface area contributed by atoms with Gasteiger partial charge in [-0.1, -0.05) is 18.2 Å². The maximum atomic E-state index is 12.4. The van der Waals surface area contributed by atoms with Crippen LogP contribution in [-0.2, 0) is 4.79 Å².